The molecule has 1 aromatic rings. The number of carbonyl (C=O) groups excluding carboxylic acids is 1. The first-order valence-electron chi connectivity index (χ1n) is 5.05. The quantitative estimate of drug-likeness (QED) is 0.331. The summed E-state index contributed by atoms with van der Waals surface area (Å²) in [6.07, 6.45) is 5.70. The Morgan fingerprint density at radius 3 is 2.93 bits per heavy atom. The van der Waals surface area contributed by atoms with Crippen molar-refractivity contribution in [2.24, 2.45) is 0 Å². The first-order chi connectivity index (χ1) is 7.20. The number of hydrogen-bond acceptors (Lipinski definition) is 2. The third kappa shape index (κ3) is 4.44. The zero-order valence-electron chi connectivity index (χ0n) is 9.03. The average molecular weight is 209 g/mol. The molecule has 0 amide bonds. The van der Waals surface area contributed by atoms with Gasteiger partial charge in [0.15, 0.2) is 12.7 Å². The van der Waals surface area contributed by atoms with E-state index < -0.39 is 0 Å². The summed E-state index contributed by atoms with van der Waals surface area (Å²) in [6, 6.07) is 1.95. The van der Waals surface area contributed by atoms with Crippen LogP contribution in [0.3, 0.4) is 0 Å². The Labute approximate surface area is 89.5 Å². The zero-order valence-corrected chi connectivity index (χ0v) is 9.03. The van der Waals surface area contributed by atoms with Gasteiger partial charge in [-0.25, -0.2) is 4.79 Å². The summed E-state index contributed by atoms with van der Waals surface area (Å²) in [6.45, 7) is 6.54. The van der Waals surface area contributed by atoms with Crippen LogP contribution in [0.4, 0.5) is 0 Å². The fourth-order valence-electron chi connectivity index (χ4n) is 1.14. The van der Waals surface area contributed by atoms with Gasteiger partial charge in [0.2, 0.25) is 0 Å². The Hall–Kier alpha value is -1.58. The van der Waals surface area contributed by atoms with Gasteiger partial charge in [0, 0.05) is 18.1 Å². The lowest BCUT2D eigenvalue weighted by Crippen LogP contribution is -2.34. The molecule has 0 aliphatic rings. The molecule has 0 aromatic carbocycles. The first-order valence-corrected chi connectivity index (χ1v) is 5.05. The maximum atomic E-state index is 11.0. The van der Waals surface area contributed by atoms with Crippen molar-refractivity contribution in [3.05, 3.63) is 30.6 Å². The SMILES string of the molecule is C=C(C)C(=O)OCCCC[n+]1ccc[nH]1. The third-order valence-electron chi connectivity index (χ3n) is 1.98. The summed E-state index contributed by atoms with van der Waals surface area (Å²) < 4.78 is 6.95. The minimum absolute atomic E-state index is 0.303. The molecule has 0 spiro atoms. The average Bonchev–Trinajstić information content (AvgIpc) is 2.69. The predicted octanol–water partition coefficient (Wildman–Crippen LogP) is 1.20. The van der Waals surface area contributed by atoms with Gasteiger partial charge in [-0.05, 0) is 13.3 Å². The topological polar surface area (TPSA) is 46.0 Å². The minimum Gasteiger partial charge on any atom is -0.462 e. The van der Waals surface area contributed by atoms with Gasteiger partial charge < -0.3 is 4.74 Å². The third-order valence-corrected chi connectivity index (χ3v) is 1.98. The van der Waals surface area contributed by atoms with E-state index in [9.17, 15) is 4.79 Å². The molecule has 0 aliphatic heterocycles. The molecule has 4 heteroatoms. The van der Waals surface area contributed by atoms with Crippen molar-refractivity contribution in [3.8, 4) is 0 Å². The van der Waals surface area contributed by atoms with Crippen molar-refractivity contribution in [2.45, 2.75) is 26.3 Å². The Bertz CT molecular complexity index is 317. The van der Waals surface area contributed by atoms with E-state index in [4.69, 9.17) is 4.74 Å². The Kier molecular flexibility index (Phi) is 4.60. The normalized spacial score (nSPS) is 9.93. The molecule has 0 saturated heterocycles. The van der Waals surface area contributed by atoms with Gasteiger partial charge in [-0.1, -0.05) is 6.58 Å². The van der Waals surface area contributed by atoms with Gasteiger partial charge >= 0.3 is 5.97 Å². The number of hydrogen-bond donors (Lipinski definition) is 1. The van der Waals surface area contributed by atoms with Crippen LogP contribution in [0.15, 0.2) is 30.6 Å². The monoisotopic (exact) mass is 209 g/mol. The minimum atomic E-state index is -0.303. The van der Waals surface area contributed by atoms with Crippen molar-refractivity contribution >= 4 is 5.97 Å². The first kappa shape index (κ1) is 11.5. The molecular weight excluding hydrogens is 192 g/mol. The van der Waals surface area contributed by atoms with E-state index in [2.05, 4.69) is 11.7 Å². The maximum absolute atomic E-state index is 11.0. The Balaban J connectivity index is 2.03. The van der Waals surface area contributed by atoms with Crippen molar-refractivity contribution in [1.29, 1.82) is 0 Å². The van der Waals surface area contributed by atoms with Crippen LogP contribution in [0.25, 0.3) is 0 Å². The lowest BCUT2D eigenvalue weighted by atomic mass is 10.3. The number of aromatic nitrogens is 2. The number of nitrogens with zero attached hydrogens (tertiary/aromatic N) is 1. The highest BCUT2D eigenvalue weighted by Gasteiger charge is 2.03. The van der Waals surface area contributed by atoms with E-state index >= 15 is 0 Å². The number of ether oxygens (including phenoxy) is 1. The standard InChI is InChI=1S/C11H16N2O2/c1-10(2)11(14)15-9-4-3-7-13-8-5-6-12-13/h5-6,8H,1,3-4,7,9H2,2H3/p+1. The molecule has 1 heterocycles. The van der Waals surface area contributed by atoms with Crippen LogP contribution in [0.2, 0.25) is 0 Å². The van der Waals surface area contributed by atoms with Crippen LogP contribution in [-0.4, -0.2) is 17.7 Å². The van der Waals surface area contributed by atoms with E-state index in [0.717, 1.165) is 19.4 Å². The van der Waals surface area contributed by atoms with Gasteiger partial charge in [0.1, 0.15) is 0 Å². The molecule has 0 fully saturated rings. The van der Waals surface area contributed by atoms with Gasteiger partial charge in [-0.3, -0.25) is 0 Å². The molecule has 0 saturated carbocycles. The van der Waals surface area contributed by atoms with Crippen molar-refractivity contribution < 1.29 is 14.2 Å². The molecular formula is C11H17N2O2+. The smallest absolute Gasteiger partial charge is 0.333 e. The largest absolute Gasteiger partial charge is 0.462 e. The predicted molar refractivity (Wildman–Crippen MR) is 56.0 cm³/mol. The Morgan fingerprint density at radius 2 is 2.33 bits per heavy atom. The molecule has 4 nitrogen and oxygen atoms in total. The fraction of sp³-hybridized carbons (Fsp3) is 0.455. The highest BCUT2D eigenvalue weighted by Crippen LogP contribution is 1.95. The number of aryl methyl sites for hydroxylation is 1. The van der Waals surface area contributed by atoms with Crippen LogP contribution in [0.1, 0.15) is 19.8 Å². The number of rotatable bonds is 6. The number of esters is 1. The number of carbonyl (C=O) groups is 1. The van der Waals surface area contributed by atoms with Crippen LogP contribution >= 0.6 is 0 Å². The lowest BCUT2D eigenvalue weighted by Gasteiger charge is -2.02. The zero-order chi connectivity index (χ0) is 11.1. The number of aromatic amines is 1. The lowest BCUT2D eigenvalue weighted by molar-refractivity contribution is -0.750. The molecule has 1 rings (SSSR count). The Morgan fingerprint density at radius 1 is 1.53 bits per heavy atom. The van der Waals surface area contributed by atoms with E-state index in [0.29, 0.717) is 12.2 Å². The summed E-state index contributed by atoms with van der Waals surface area (Å²) in [7, 11) is 0. The maximum Gasteiger partial charge on any atom is 0.333 e. The second kappa shape index (κ2) is 6.01. The van der Waals surface area contributed by atoms with E-state index in [1.807, 2.05) is 23.1 Å². The van der Waals surface area contributed by atoms with Gasteiger partial charge in [-0.15, -0.1) is 4.68 Å². The number of H-pyrrole nitrogens is 1. The molecule has 0 atom stereocenters. The number of unbranched alkanes of at least 4 members (excludes halogenated alkanes) is 1. The summed E-state index contributed by atoms with van der Waals surface area (Å²) in [5, 5.41) is 3.05. The van der Waals surface area contributed by atoms with Crippen molar-refractivity contribution in [2.75, 3.05) is 6.61 Å². The second-order valence-corrected chi connectivity index (χ2v) is 3.45. The molecule has 1 aromatic heterocycles. The summed E-state index contributed by atoms with van der Waals surface area (Å²) in [5.41, 5.74) is 0.453. The van der Waals surface area contributed by atoms with Crippen molar-refractivity contribution in [1.82, 2.24) is 5.10 Å². The van der Waals surface area contributed by atoms with E-state index in [-0.39, 0.29) is 5.97 Å². The fourth-order valence-corrected chi connectivity index (χ4v) is 1.14. The molecule has 0 aliphatic carbocycles. The van der Waals surface area contributed by atoms with Crippen LogP contribution in [0.5, 0.6) is 0 Å². The van der Waals surface area contributed by atoms with Gasteiger partial charge in [0.05, 0.1) is 12.8 Å². The molecule has 82 valence electrons. The molecule has 1 N–H and O–H groups in total. The summed E-state index contributed by atoms with van der Waals surface area (Å²) in [4.78, 5) is 11.0. The van der Waals surface area contributed by atoms with Crippen molar-refractivity contribution in [3.63, 3.8) is 0 Å². The van der Waals surface area contributed by atoms with Gasteiger partial charge in [0.25, 0.3) is 0 Å². The van der Waals surface area contributed by atoms with E-state index in [1.54, 1.807) is 6.92 Å². The van der Waals surface area contributed by atoms with Crippen LogP contribution < -0.4 is 4.68 Å². The van der Waals surface area contributed by atoms with Gasteiger partial charge in [-0.2, -0.15) is 5.10 Å². The highest BCUT2D eigenvalue weighted by atomic mass is 16.5. The van der Waals surface area contributed by atoms with Crippen LogP contribution in [0, 0.1) is 0 Å². The number of nitrogens with one attached hydrogen (secondary N) is 1. The summed E-state index contributed by atoms with van der Waals surface area (Å²) >= 11 is 0. The molecule has 0 radical (unpaired) electrons. The molecule has 15 heavy (non-hydrogen) atoms. The van der Waals surface area contributed by atoms with E-state index in [1.165, 1.54) is 0 Å². The second-order valence-electron chi connectivity index (χ2n) is 3.45. The summed E-state index contributed by atoms with van der Waals surface area (Å²) in [5.74, 6) is -0.303. The highest BCUT2D eigenvalue weighted by molar-refractivity contribution is 5.86. The molecule has 0 unspecified atom stereocenters. The molecule has 0 bridgehead atoms. The van der Waals surface area contributed by atoms with Crippen LogP contribution in [-0.2, 0) is 16.1 Å².